The number of fused-ring (bicyclic) bond motifs is 3. The van der Waals surface area contributed by atoms with Crippen molar-refractivity contribution in [1.82, 2.24) is 15.6 Å². The Kier molecular flexibility index (Phi) is 7.40. The van der Waals surface area contributed by atoms with Gasteiger partial charge < -0.3 is 20.5 Å². The lowest BCUT2D eigenvalue weighted by Crippen LogP contribution is -2.40. The van der Waals surface area contributed by atoms with Gasteiger partial charge in [0.15, 0.2) is 0 Å². The highest BCUT2D eigenvalue weighted by Gasteiger charge is 2.29. The lowest BCUT2D eigenvalue weighted by Gasteiger charge is -2.15. The molecular formula is C27H27N3O5. The maximum atomic E-state index is 12.5. The minimum atomic E-state index is -1.08. The topological polar surface area (TPSA) is 118 Å². The van der Waals surface area contributed by atoms with Crippen molar-refractivity contribution >= 4 is 18.0 Å². The Balaban J connectivity index is 1.34. The van der Waals surface area contributed by atoms with Gasteiger partial charge in [-0.25, -0.2) is 9.59 Å². The molecule has 0 saturated carbocycles. The van der Waals surface area contributed by atoms with E-state index in [-0.39, 0.29) is 24.6 Å². The van der Waals surface area contributed by atoms with E-state index < -0.39 is 24.0 Å². The van der Waals surface area contributed by atoms with E-state index in [4.69, 9.17) is 4.74 Å². The second-order valence-corrected chi connectivity index (χ2v) is 8.37. The summed E-state index contributed by atoms with van der Waals surface area (Å²) in [5.74, 6) is -1.62. The minimum absolute atomic E-state index is 0.0383. The minimum Gasteiger partial charge on any atom is -0.480 e. The van der Waals surface area contributed by atoms with Gasteiger partial charge in [-0.2, -0.15) is 0 Å². The highest BCUT2D eigenvalue weighted by Crippen LogP contribution is 2.44. The van der Waals surface area contributed by atoms with Crippen LogP contribution in [0, 0.1) is 0 Å². The molecule has 4 rings (SSSR count). The molecule has 0 spiro atoms. The van der Waals surface area contributed by atoms with Crippen molar-refractivity contribution in [3.63, 3.8) is 0 Å². The van der Waals surface area contributed by atoms with E-state index in [9.17, 15) is 19.5 Å². The van der Waals surface area contributed by atoms with Gasteiger partial charge in [-0.3, -0.25) is 9.78 Å². The quantitative estimate of drug-likeness (QED) is 0.431. The molecule has 180 valence electrons. The average Bonchev–Trinajstić information content (AvgIpc) is 3.19. The molecule has 3 aromatic rings. The van der Waals surface area contributed by atoms with Gasteiger partial charge in [-0.1, -0.05) is 61.9 Å². The molecule has 2 amide bonds. The molecule has 1 atom stereocenters. The normalized spacial score (nSPS) is 12.8. The van der Waals surface area contributed by atoms with Crippen LogP contribution in [0.3, 0.4) is 0 Å². The number of amides is 2. The number of nitrogens with one attached hydrogen (secondary N) is 2. The Morgan fingerprint density at radius 3 is 2.31 bits per heavy atom. The van der Waals surface area contributed by atoms with Crippen LogP contribution in [0.4, 0.5) is 4.79 Å². The number of nitrogens with zero attached hydrogens (tertiary/aromatic N) is 1. The van der Waals surface area contributed by atoms with Crippen molar-refractivity contribution in [3.05, 3.63) is 89.2 Å². The molecule has 0 saturated heterocycles. The first kappa shape index (κ1) is 23.9. The Morgan fingerprint density at radius 2 is 1.69 bits per heavy atom. The van der Waals surface area contributed by atoms with Crippen molar-refractivity contribution in [3.8, 4) is 11.1 Å². The average molecular weight is 474 g/mol. The smallest absolute Gasteiger partial charge is 0.407 e. The SMILES string of the molecule is CCCC(NC(=O)c1ccnc(CNC(=O)OCC2c3ccccc3-c3ccccc32)c1)C(=O)O. The van der Waals surface area contributed by atoms with Crippen LogP contribution in [0.2, 0.25) is 0 Å². The number of pyridine rings is 1. The number of alkyl carbamates (subject to hydrolysis) is 1. The summed E-state index contributed by atoms with van der Waals surface area (Å²) in [5.41, 5.74) is 5.29. The van der Waals surface area contributed by atoms with Crippen LogP contribution in [-0.4, -0.2) is 40.7 Å². The Hall–Kier alpha value is -4.20. The predicted octanol–water partition coefficient (Wildman–Crippen LogP) is 4.10. The number of carbonyl (C=O) groups is 3. The number of rotatable bonds is 9. The largest absolute Gasteiger partial charge is 0.480 e. The fourth-order valence-electron chi connectivity index (χ4n) is 4.32. The number of benzene rings is 2. The molecule has 2 aromatic carbocycles. The summed E-state index contributed by atoms with van der Waals surface area (Å²) in [5, 5.41) is 14.4. The molecule has 1 aliphatic rings. The summed E-state index contributed by atoms with van der Waals surface area (Å²) < 4.78 is 5.52. The third kappa shape index (κ3) is 5.48. The molecule has 0 fully saturated rings. The Morgan fingerprint density at radius 1 is 1.03 bits per heavy atom. The zero-order valence-electron chi connectivity index (χ0n) is 19.4. The number of carboxylic acid groups (broad SMARTS) is 1. The molecule has 1 aliphatic carbocycles. The van der Waals surface area contributed by atoms with Gasteiger partial charge in [-0.15, -0.1) is 0 Å². The molecule has 1 aromatic heterocycles. The second-order valence-electron chi connectivity index (χ2n) is 8.37. The van der Waals surface area contributed by atoms with Gasteiger partial charge in [0.2, 0.25) is 0 Å². The van der Waals surface area contributed by atoms with Crippen LogP contribution in [0.5, 0.6) is 0 Å². The maximum absolute atomic E-state index is 12.5. The standard InChI is InChI=1S/C27H27N3O5/c1-2-7-24(26(32)33)30-25(31)17-12-13-28-18(14-17)15-29-27(34)35-16-23-21-10-5-3-8-19(21)20-9-4-6-11-22(20)23/h3-6,8-14,23-24H,2,7,15-16H2,1H3,(H,29,34)(H,30,31)(H,32,33). The van der Waals surface area contributed by atoms with Crippen LogP contribution in [-0.2, 0) is 16.1 Å². The lowest BCUT2D eigenvalue weighted by atomic mass is 9.98. The molecule has 1 unspecified atom stereocenters. The van der Waals surface area contributed by atoms with E-state index in [1.165, 1.54) is 18.3 Å². The molecule has 0 bridgehead atoms. The predicted molar refractivity (Wildman–Crippen MR) is 130 cm³/mol. The monoisotopic (exact) mass is 473 g/mol. The maximum Gasteiger partial charge on any atom is 0.407 e. The zero-order valence-corrected chi connectivity index (χ0v) is 19.4. The highest BCUT2D eigenvalue weighted by molar-refractivity contribution is 5.96. The summed E-state index contributed by atoms with van der Waals surface area (Å²) in [6.07, 6.45) is 1.82. The molecule has 8 nitrogen and oxygen atoms in total. The van der Waals surface area contributed by atoms with E-state index in [1.54, 1.807) is 0 Å². The van der Waals surface area contributed by atoms with E-state index in [0.717, 1.165) is 22.3 Å². The van der Waals surface area contributed by atoms with E-state index in [0.29, 0.717) is 18.5 Å². The van der Waals surface area contributed by atoms with Gasteiger partial charge in [0.1, 0.15) is 12.6 Å². The van der Waals surface area contributed by atoms with Crippen LogP contribution in [0.25, 0.3) is 11.1 Å². The lowest BCUT2D eigenvalue weighted by molar-refractivity contribution is -0.139. The first-order valence-electron chi connectivity index (χ1n) is 11.6. The Labute approximate surface area is 203 Å². The highest BCUT2D eigenvalue weighted by atomic mass is 16.5. The molecular weight excluding hydrogens is 446 g/mol. The zero-order chi connectivity index (χ0) is 24.8. The van der Waals surface area contributed by atoms with Crippen molar-refractivity contribution in [1.29, 1.82) is 0 Å². The number of aliphatic carboxylic acids is 1. The van der Waals surface area contributed by atoms with Crippen LogP contribution in [0.15, 0.2) is 66.9 Å². The van der Waals surface area contributed by atoms with Crippen molar-refractivity contribution in [2.45, 2.75) is 38.3 Å². The van der Waals surface area contributed by atoms with Gasteiger partial charge >= 0.3 is 12.1 Å². The number of ether oxygens (including phenoxy) is 1. The fraction of sp³-hybridized carbons (Fsp3) is 0.259. The van der Waals surface area contributed by atoms with Gasteiger partial charge in [-0.05, 0) is 40.8 Å². The van der Waals surface area contributed by atoms with E-state index >= 15 is 0 Å². The Bertz CT molecular complexity index is 1200. The number of hydrogen-bond acceptors (Lipinski definition) is 5. The van der Waals surface area contributed by atoms with Crippen LogP contribution >= 0.6 is 0 Å². The number of carbonyl (C=O) groups excluding carboxylic acids is 2. The summed E-state index contributed by atoms with van der Waals surface area (Å²) in [6.45, 7) is 2.11. The number of aromatic nitrogens is 1. The third-order valence-electron chi connectivity index (χ3n) is 6.02. The molecule has 0 aliphatic heterocycles. The first-order chi connectivity index (χ1) is 17.0. The van der Waals surface area contributed by atoms with E-state index in [1.807, 2.05) is 31.2 Å². The number of carboxylic acids is 1. The van der Waals surface area contributed by atoms with Crippen molar-refractivity contribution in [2.24, 2.45) is 0 Å². The van der Waals surface area contributed by atoms with Crippen LogP contribution in [0.1, 0.15) is 52.9 Å². The van der Waals surface area contributed by atoms with Gasteiger partial charge in [0.25, 0.3) is 5.91 Å². The fourth-order valence-corrected chi connectivity index (χ4v) is 4.32. The molecule has 3 N–H and O–H groups in total. The molecule has 1 heterocycles. The summed E-state index contributed by atoms with van der Waals surface area (Å²) in [4.78, 5) is 40.3. The number of hydrogen-bond donors (Lipinski definition) is 3. The summed E-state index contributed by atoms with van der Waals surface area (Å²) >= 11 is 0. The molecule has 8 heteroatoms. The van der Waals surface area contributed by atoms with Crippen molar-refractivity contribution in [2.75, 3.05) is 6.61 Å². The van der Waals surface area contributed by atoms with Gasteiger partial charge in [0, 0.05) is 17.7 Å². The van der Waals surface area contributed by atoms with E-state index in [2.05, 4.69) is 39.9 Å². The van der Waals surface area contributed by atoms with Crippen LogP contribution < -0.4 is 10.6 Å². The summed E-state index contributed by atoms with van der Waals surface area (Å²) in [7, 11) is 0. The van der Waals surface area contributed by atoms with Gasteiger partial charge in [0.05, 0.1) is 12.2 Å². The third-order valence-corrected chi connectivity index (χ3v) is 6.02. The van der Waals surface area contributed by atoms with Crippen molar-refractivity contribution < 1.29 is 24.2 Å². The molecule has 35 heavy (non-hydrogen) atoms. The second kappa shape index (κ2) is 10.8. The molecule has 0 radical (unpaired) electrons. The first-order valence-corrected chi connectivity index (χ1v) is 11.6. The summed E-state index contributed by atoms with van der Waals surface area (Å²) in [6, 6.07) is 18.3.